The number of esters is 1. The molecule has 3 amide bonds. The second kappa shape index (κ2) is 16.8. The minimum atomic E-state index is -0.568. The van der Waals surface area contributed by atoms with E-state index in [1.54, 1.807) is 66.7 Å². The second-order valence-corrected chi connectivity index (χ2v) is 13.2. The standard InChI is InChI=1S/C37H37N3O7S2/c1-45-29-18-10-14-24(33(29)46-2)20-28(39-34(42)23-12-6-4-7-13-23)35(43)38-25-15-11-16-26(21-25)48-22-31(41)40-36-32(37(44)47-3)27-17-8-5-9-19-30(27)49-36/h4,6-7,10-16,18,20-21H,5,8-9,17,19,22H2,1-3H3,(H,38,43)(H,39,42)(H,40,41)/b28-20+. The van der Waals surface area contributed by atoms with Gasteiger partial charge in [-0.15, -0.1) is 23.1 Å². The van der Waals surface area contributed by atoms with Crippen molar-refractivity contribution in [2.75, 3.05) is 37.7 Å². The Morgan fingerprint density at radius 1 is 0.857 bits per heavy atom. The second-order valence-electron chi connectivity index (χ2n) is 11.0. The number of thiophene rings is 1. The van der Waals surface area contributed by atoms with E-state index in [9.17, 15) is 19.2 Å². The number of benzene rings is 3. The molecule has 1 aliphatic carbocycles. The van der Waals surface area contributed by atoms with Gasteiger partial charge in [0.05, 0.1) is 32.6 Å². The van der Waals surface area contributed by atoms with Crippen molar-refractivity contribution in [1.82, 2.24) is 5.32 Å². The Labute approximate surface area is 293 Å². The predicted octanol–water partition coefficient (Wildman–Crippen LogP) is 6.96. The Balaban J connectivity index is 1.30. The molecule has 10 nitrogen and oxygen atoms in total. The topological polar surface area (TPSA) is 132 Å². The van der Waals surface area contributed by atoms with Crippen LogP contribution in [0, 0.1) is 0 Å². The van der Waals surface area contributed by atoms with E-state index in [1.165, 1.54) is 50.5 Å². The maximum atomic E-state index is 13.7. The van der Waals surface area contributed by atoms with Gasteiger partial charge in [0.15, 0.2) is 11.5 Å². The smallest absolute Gasteiger partial charge is 0.341 e. The maximum Gasteiger partial charge on any atom is 0.341 e. The molecule has 49 heavy (non-hydrogen) atoms. The summed E-state index contributed by atoms with van der Waals surface area (Å²) in [6.45, 7) is 0. The fourth-order valence-electron chi connectivity index (χ4n) is 5.45. The van der Waals surface area contributed by atoms with Crippen LogP contribution in [0.15, 0.2) is 83.4 Å². The van der Waals surface area contributed by atoms with E-state index in [-0.39, 0.29) is 17.4 Å². The van der Waals surface area contributed by atoms with Crippen LogP contribution >= 0.6 is 23.1 Å². The van der Waals surface area contributed by atoms with Crippen LogP contribution in [0.4, 0.5) is 10.7 Å². The maximum absolute atomic E-state index is 13.7. The Morgan fingerprint density at radius 3 is 2.39 bits per heavy atom. The van der Waals surface area contributed by atoms with Crippen molar-refractivity contribution in [3.63, 3.8) is 0 Å². The minimum absolute atomic E-state index is 0.0198. The van der Waals surface area contributed by atoms with Crippen molar-refractivity contribution in [3.8, 4) is 11.5 Å². The zero-order chi connectivity index (χ0) is 34.8. The first-order chi connectivity index (χ1) is 23.8. The number of anilines is 2. The molecule has 0 aliphatic heterocycles. The van der Waals surface area contributed by atoms with Gasteiger partial charge in [0.25, 0.3) is 11.8 Å². The van der Waals surface area contributed by atoms with Gasteiger partial charge in [-0.05, 0) is 73.7 Å². The van der Waals surface area contributed by atoms with E-state index < -0.39 is 17.8 Å². The number of rotatable bonds is 12. The number of amides is 3. The number of hydrogen-bond donors (Lipinski definition) is 3. The van der Waals surface area contributed by atoms with Crippen molar-refractivity contribution >= 4 is 63.6 Å². The third-order valence-electron chi connectivity index (χ3n) is 7.79. The number of hydrogen-bond acceptors (Lipinski definition) is 9. The number of methoxy groups -OCH3 is 3. The number of carbonyl (C=O) groups is 4. The van der Waals surface area contributed by atoms with Gasteiger partial charge in [0.1, 0.15) is 10.7 Å². The van der Waals surface area contributed by atoms with Crippen LogP contribution in [0.25, 0.3) is 6.08 Å². The molecule has 1 aliphatic rings. The summed E-state index contributed by atoms with van der Waals surface area (Å²) < 4.78 is 16.0. The highest BCUT2D eigenvalue weighted by Crippen LogP contribution is 2.38. The van der Waals surface area contributed by atoms with Crippen molar-refractivity contribution in [2.45, 2.75) is 37.0 Å². The van der Waals surface area contributed by atoms with E-state index >= 15 is 0 Å². The first-order valence-corrected chi connectivity index (χ1v) is 17.5. The van der Waals surface area contributed by atoms with Gasteiger partial charge in [-0.2, -0.15) is 0 Å². The lowest BCUT2D eigenvalue weighted by molar-refractivity contribution is -0.114. The molecular formula is C37H37N3O7S2. The summed E-state index contributed by atoms with van der Waals surface area (Å²) in [7, 11) is 4.36. The first kappa shape index (κ1) is 35.2. The highest BCUT2D eigenvalue weighted by Gasteiger charge is 2.26. The third kappa shape index (κ3) is 8.89. The SMILES string of the molecule is COC(=O)c1c(NC(=O)CSc2cccc(NC(=O)/C(=C\c3cccc(OC)c3OC)NC(=O)c3ccccc3)c2)sc2c1CCCCC2. The first-order valence-electron chi connectivity index (χ1n) is 15.7. The van der Waals surface area contributed by atoms with E-state index in [1.807, 2.05) is 6.07 Å². The molecule has 0 fully saturated rings. The number of ether oxygens (including phenoxy) is 3. The lowest BCUT2D eigenvalue weighted by atomic mass is 10.1. The van der Waals surface area contributed by atoms with Crippen LogP contribution in [0.5, 0.6) is 11.5 Å². The zero-order valence-corrected chi connectivity index (χ0v) is 29.1. The molecule has 0 unspecified atom stereocenters. The van der Waals surface area contributed by atoms with Gasteiger partial charge in [0, 0.05) is 26.6 Å². The molecule has 254 valence electrons. The monoisotopic (exact) mass is 699 g/mol. The Hall–Kier alpha value is -5.07. The Bertz CT molecular complexity index is 1870. The molecule has 4 aromatic rings. The lowest BCUT2D eigenvalue weighted by Crippen LogP contribution is -2.30. The molecule has 0 spiro atoms. The highest BCUT2D eigenvalue weighted by molar-refractivity contribution is 8.00. The van der Waals surface area contributed by atoms with Gasteiger partial charge < -0.3 is 30.2 Å². The number of nitrogens with one attached hydrogen (secondary N) is 3. The van der Waals surface area contributed by atoms with Crippen molar-refractivity contribution in [1.29, 1.82) is 0 Å². The molecule has 0 atom stereocenters. The van der Waals surface area contributed by atoms with Crippen LogP contribution in [-0.4, -0.2) is 50.8 Å². The normalized spacial score (nSPS) is 12.6. The van der Waals surface area contributed by atoms with E-state index in [0.29, 0.717) is 38.9 Å². The van der Waals surface area contributed by atoms with Gasteiger partial charge in [-0.25, -0.2) is 4.79 Å². The van der Waals surface area contributed by atoms with Crippen LogP contribution in [-0.2, 0) is 27.2 Å². The summed E-state index contributed by atoms with van der Waals surface area (Å²) in [5, 5.41) is 9.04. The van der Waals surface area contributed by atoms with Crippen LogP contribution in [0.2, 0.25) is 0 Å². The summed E-state index contributed by atoms with van der Waals surface area (Å²) in [6.07, 6.45) is 6.35. The minimum Gasteiger partial charge on any atom is -0.493 e. The number of para-hydroxylation sites is 1. The molecule has 12 heteroatoms. The molecule has 0 radical (unpaired) electrons. The highest BCUT2D eigenvalue weighted by atomic mass is 32.2. The third-order valence-corrected chi connectivity index (χ3v) is 9.99. The largest absolute Gasteiger partial charge is 0.493 e. The van der Waals surface area contributed by atoms with Gasteiger partial charge in [-0.1, -0.05) is 42.8 Å². The summed E-state index contributed by atoms with van der Waals surface area (Å²) >= 11 is 2.73. The van der Waals surface area contributed by atoms with E-state index in [0.717, 1.165) is 47.4 Å². The zero-order valence-electron chi connectivity index (χ0n) is 27.4. The van der Waals surface area contributed by atoms with Crippen LogP contribution < -0.4 is 25.4 Å². The Kier molecular flexibility index (Phi) is 12.1. The van der Waals surface area contributed by atoms with Gasteiger partial charge in [0.2, 0.25) is 5.91 Å². The fourth-order valence-corrected chi connectivity index (χ4v) is 7.49. The molecule has 3 aromatic carbocycles. The van der Waals surface area contributed by atoms with Crippen molar-refractivity contribution in [2.24, 2.45) is 0 Å². The average molecular weight is 700 g/mol. The van der Waals surface area contributed by atoms with Crippen molar-refractivity contribution in [3.05, 3.63) is 106 Å². The van der Waals surface area contributed by atoms with E-state index in [2.05, 4.69) is 16.0 Å². The van der Waals surface area contributed by atoms with Gasteiger partial charge >= 0.3 is 5.97 Å². The molecule has 5 rings (SSSR count). The molecule has 1 heterocycles. The quantitative estimate of drug-likeness (QED) is 0.0626. The number of aryl methyl sites for hydroxylation is 1. The summed E-state index contributed by atoms with van der Waals surface area (Å²) in [6, 6.07) is 20.8. The number of thioether (sulfide) groups is 1. The predicted molar refractivity (Wildman–Crippen MR) is 193 cm³/mol. The fraction of sp³-hybridized carbons (Fsp3) is 0.243. The van der Waals surface area contributed by atoms with Crippen LogP contribution in [0.3, 0.4) is 0 Å². The molecule has 0 saturated heterocycles. The Morgan fingerprint density at radius 2 is 1.63 bits per heavy atom. The number of fused-ring (bicyclic) bond motifs is 1. The lowest BCUT2D eigenvalue weighted by Gasteiger charge is -2.14. The van der Waals surface area contributed by atoms with Crippen molar-refractivity contribution < 1.29 is 33.4 Å². The molecular weight excluding hydrogens is 663 g/mol. The number of carbonyl (C=O) groups excluding carboxylic acids is 4. The summed E-state index contributed by atoms with van der Waals surface area (Å²) in [5.74, 6) is -0.786. The molecule has 0 saturated carbocycles. The van der Waals surface area contributed by atoms with Crippen LogP contribution in [0.1, 0.15) is 56.0 Å². The summed E-state index contributed by atoms with van der Waals surface area (Å²) in [4.78, 5) is 54.4. The van der Waals surface area contributed by atoms with E-state index in [4.69, 9.17) is 14.2 Å². The summed E-state index contributed by atoms with van der Waals surface area (Å²) in [5.41, 5.74) is 2.79. The average Bonchev–Trinajstić information content (AvgIpc) is 3.29. The molecule has 1 aromatic heterocycles. The molecule has 3 N–H and O–H groups in total. The molecule has 0 bridgehead atoms. The van der Waals surface area contributed by atoms with Gasteiger partial charge in [-0.3, -0.25) is 14.4 Å².